The zero-order chi connectivity index (χ0) is 29.9. The van der Waals surface area contributed by atoms with Crippen LogP contribution in [0.5, 0.6) is 5.88 Å². The lowest BCUT2D eigenvalue weighted by Crippen LogP contribution is -2.40. The fourth-order valence-electron chi connectivity index (χ4n) is 5.59. The van der Waals surface area contributed by atoms with E-state index in [0.29, 0.717) is 17.3 Å². The highest BCUT2D eigenvalue weighted by Gasteiger charge is 2.32. The molecule has 12 heteroatoms. The molecule has 1 aliphatic heterocycles. The molecule has 42 heavy (non-hydrogen) atoms. The van der Waals surface area contributed by atoms with E-state index in [4.69, 9.17) is 4.74 Å². The molecule has 2 fully saturated rings. The number of nitrogens with zero attached hydrogens (tertiary/aromatic N) is 3. The smallest absolute Gasteiger partial charge is 0.416 e. The average molecular weight is 594 g/mol. The molecule has 1 saturated heterocycles. The van der Waals surface area contributed by atoms with E-state index in [1.807, 2.05) is 6.92 Å². The van der Waals surface area contributed by atoms with Crippen LogP contribution in [0.3, 0.4) is 0 Å². The molecule has 1 saturated carbocycles. The minimum atomic E-state index is -4.38. The van der Waals surface area contributed by atoms with E-state index in [1.54, 1.807) is 6.07 Å². The summed E-state index contributed by atoms with van der Waals surface area (Å²) in [4.78, 5) is 11.0. The normalized spacial score (nSPS) is 20.3. The second-order valence-electron chi connectivity index (χ2n) is 10.9. The van der Waals surface area contributed by atoms with Gasteiger partial charge >= 0.3 is 12.4 Å². The lowest BCUT2D eigenvalue weighted by Gasteiger charge is -2.35. The van der Waals surface area contributed by atoms with Gasteiger partial charge < -0.3 is 20.3 Å². The molecule has 6 nitrogen and oxygen atoms in total. The van der Waals surface area contributed by atoms with Crippen LogP contribution in [0.1, 0.15) is 55.2 Å². The van der Waals surface area contributed by atoms with Crippen LogP contribution in [0.15, 0.2) is 54.9 Å². The maximum atomic E-state index is 13.0. The first-order valence-corrected chi connectivity index (χ1v) is 14.1. The number of halogens is 6. The van der Waals surface area contributed by atoms with E-state index in [-0.39, 0.29) is 18.2 Å². The molecule has 2 heterocycles. The summed E-state index contributed by atoms with van der Waals surface area (Å²) >= 11 is 0. The van der Waals surface area contributed by atoms with Crippen molar-refractivity contribution < 1.29 is 31.1 Å². The number of alkyl halides is 6. The molecule has 226 valence electrons. The van der Waals surface area contributed by atoms with Crippen molar-refractivity contribution >= 4 is 17.2 Å². The predicted molar refractivity (Wildman–Crippen MR) is 149 cm³/mol. The van der Waals surface area contributed by atoms with Crippen LogP contribution >= 0.6 is 0 Å². The van der Waals surface area contributed by atoms with E-state index in [1.165, 1.54) is 24.5 Å². The van der Waals surface area contributed by atoms with Crippen LogP contribution in [0.25, 0.3) is 0 Å². The van der Waals surface area contributed by atoms with Crippen LogP contribution in [0.2, 0.25) is 0 Å². The predicted octanol–water partition coefficient (Wildman–Crippen LogP) is 7.71. The number of hydrogen-bond acceptors (Lipinski definition) is 6. The van der Waals surface area contributed by atoms with Crippen molar-refractivity contribution in [1.29, 1.82) is 0 Å². The zero-order valence-electron chi connectivity index (χ0n) is 23.1. The largest absolute Gasteiger partial charge is 0.474 e. The molecule has 0 unspecified atom stereocenters. The van der Waals surface area contributed by atoms with E-state index >= 15 is 0 Å². The van der Waals surface area contributed by atoms with Gasteiger partial charge in [-0.25, -0.2) is 9.97 Å². The Kier molecular flexibility index (Phi) is 8.70. The summed E-state index contributed by atoms with van der Waals surface area (Å²) in [5, 5.41) is 6.56. The molecule has 3 aromatic rings. The van der Waals surface area contributed by atoms with Gasteiger partial charge in [0.05, 0.1) is 16.7 Å². The molecule has 2 aliphatic rings. The fourth-order valence-corrected chi connectivity index (χ4v) is 5.59. The highest BCUT2D eigenvalue weighted by Crippen LogP contribution is 2.34. The van der Waals surface area contributed by atoms with Crippen molar-refractivity contribution in [2.45, 2.75) is 76.0 Å². The van der Waals surface area contributed by atoms with E-state index in [0.717, 1.165) is 87.3 Å². The Morgan fingerprint density at radius 2 is 1.36 bits per heavy atom. The average Bonchev–Trinajstić information content (AvgIpc) is 2.95. The van der Waals surface area contributed by atoms with E-state index in [2.05, 4.69) is 25.5 Å². The van der Waals surface area contributed by atoms with E-state index in [9.17, 15) is 26.3 Å². The Bertz CT molecular complexity index is 1330. The Hall–Kier alpha value is -3.70. The van der Waals surface area contributed by atoms with Crippen molar-refractivity contribution in [3.05, 3.63) is 71.5 Å². The number of anilines is 3. The number of nitrogens with one attached hydrogen (secondary N) is 2. The molecule has 2 aromatic carbocycles. The van der Waals surface area contributed by atoms with Gasteiger partial charge in [0.2, 0.25) is 5.88 Å². The quantitative estimate of drug-likeness (QED) is 0.274. The number of benzene rings is 2. The van der Waals surface area contributed by atoms with Crippen molar-refractivity contribution in [1.82, 2.24) is 9.97 Å². The third kappa shape index (κ3) is 7.38. The van der Waals surface area contributed by atoms with Gasteiger partial charge in [-0.1, -0.05) is 6.07 Å². The molecule has 2 N–H and O–H groups in total. The topological polar surface area (TPSA) is 62.3 Å². The summed E-state index contributed by atoms with van der Waals surface area (Å²) in [6.07, 6.45) is -2.68. The first-order valence-electron chi connectivity index (χ1n) is 14.1. The van der Waals surface area contributed by atoms with Crippen LogP contribution in [0.4, 0.5) is 43.5 Å². The first kappa shape index (κ1) is 29.8. The summed E-state index contributed by atoms with van der Waals surface area (Å²) in [5.41, 5.74) is 0.633. The summed E-state index contributed by atoms with van der Waals surface area (Å²) < 4.78 is 83.9. The van der Waals surface area contributed by atoms with Gasteiger partial charge in [0, 0.05) is 36.5 Å². The SMILES string of the molecule is Cc1c(OC2CCC(Nc3cccc(C(F)(F)F)c3)CC2)ncnc1N1CCC(Nc2ccc(C(F)(F)F)cc2)CC1. The number of rotatable bonds is 7. The van der Waals surface area contributed by atoms with Gasteiger partial charge in [-0.2, -0.15) is 26.3 Å². The number of hydrogen-bond donors (Lipinski definition) is 2. The Labute approximate surface area is 240 Å². The molecule has 0 radical (unpaired) electrons. The molecule has 5 rings (SSSR count). The summed E-state index contributed by atoms with van der Waals surface area (Å²) in [5.74, 6) is 1.33. The fraction of sp³-hybridized carbons (Fsp3) is 0.467. The van der Waals surface area contributed by atoms with Crippen molar-refractivity contribution in [2.75, 3.05) is 28.6 Å². The van der Waals surface area contributed by atoms with Crippen molar-refractivity contribution in [3.8, 4) is 5.88 Å². The monoisotopic (exact) mass is 593 g/mol. The third-order valence-corrected chi connectivity index (χ3v) is 7.90. The third-order valence-electron chi connectivity index (χ3n) is 7.90. The highest BCUT2D eigenvalue weighted by atomic mass is 19.4. The number of piperidine rings is 1. The van der Waals surface area contributed by atoms with Gasteiger partial charge in [0.25, 0.3) is 0 Å². The van der Waals surface area contributed by atoms with Crippen LogP contribution < -0.4 is 20.3 Å². The zero-order valence-corrected chi connectivity index (χ0v) is 23.1. The van der Waals surface area contributed by atoms with Crippen molar-refractivity contribution in [2.24, 2.45) is 0 Å². The molecular formula is C30H33F6N5O. The van der Waals surface area contributed by atoms with Gasteiger partial charge in [0.15, 0.2) is 0 Å². The minimum absolute atomic E-state index is 0.0512. The summed E-state index contributed by atoms with van der Waals surface area (Å²) in [6, 6.07) is 10.6. The molecular weight excluding hydrogens is 560 g/mol. The Balaban J connectivity index is 1.11. The number of aromatic nitrogens is 2. The first-order chi connectivity index (χ1) is 20.0. The Morgan fingerprint density at radius 1 is 0.738 bits per heavy atom. The molecule has 1 aliphatic carbocycles. The maximum absolute atomic E-state index is 13.0. The van der Waals surface area contributed by atoms with E-state index < -0.39 is 23.5 Å². The molecule has 0 spiro atoms. The van der Waals surface area contributed by atoms with Gasteiger partial charge in [-0.05, 0) is 87.9 Å². The standard InChI is InChI=1S/C30H33F6N5O/c1-19-27(41-15-13-24(14-16-41)39-22-7-5-20(6-8-22)29(31,32)33)37-18-38-28(19)42-26-11-9-23(10-12-26)40-25-4-2-3-21(17-25)30(34,35)36/h2-8,17-18,23-24,26,39-40H,9-16H2,1H3. The molecule has 1 aromatic heterocycles. The van der Waals surface area contributed by atoms with Crippen molar-refractivity contribution in [3.63, 3.8) is 0 Å². The second-order valence-corrected chi connectivity index (χ2v) is 10.9. The number of ether oxygens (including phenoxy) is 1. The molecule has 0 amide bonds. The maximum Gasteiger partial charge on any atom is 0.416 e. The second kappa shape index (κ2) is 12.3. The highest BCUT2D eigenvalue weighted by molar-refractivity contribution is 5.52. The van der Waals surface area contributed by atoms with Gasteiger partial charge in [-0.15, -0.1) is 0 Å². The van der Waals surface area contributed by atoms with Gasteiger partial charge in [-0.3, -0.25) is 0 Å². The van der Waals surface area contributed by atoms with Crippen LogP contribution in [0, 0.1) is 6.92 Å². The molecule has 0 bridgehead atoms. The van der Waals surface area contributed by atoms with Gasteiger partial charge in [0.1, 0.15) is 18.2 Å². The lowest BCUT2D eigenvalue weighted by atomic mass is 9.92. The summed E-state index contributed by atoms with van der Waals surface area (Å²) in [7, 11) is 0. The Morgan fingerprint density at radius 3 is 2.00 bits per heavy atom. The summed E-state index contributed by atoms with van der Waals surface area (Å²) in [6.45, 7) is 3.38. The lowest BCUT2D eigenvalue weighted by molar-refractivity contribution is -0.138. The van der Waals surface area contributed by atoms with Crippen LogP contribution in [-0.2, 0) is 12.4 Å². The van der Waals surface area contributed by atoms with Crippen LogP contribution in [-0.4, -0.2) is 41.2 Å². The minimum Gasteiger partial charge on any atom is -0.474 e. The molecule has 0 atom stereocenters.